The molecule has 25 heavy (non-hydrogen) atoms. The summed E-state index contributed by atoms with van der Waals surface area (Å²) < 4.78 is 0. The Morgan fingerprint density at radius 3 is 2.20 bits per heavy atom. The Kier molecular flexibility index (Phi) is 4.98. The van der Waals surface area contributed by atoms with Crippen molar-refractivity contribution in [3.05, 3.63) is 71.4 Å². The highest BCUT2D eigenvalue weighted by atomic mass is 15.3. The fourth-order valence-corrected chi connectivity index (χ4v) is 2.92. The van der Waals surface area contributed by atoms with Gasteiger partial charge in [0.05, 0.1) is 0 Å². The number of aryl methyl sites for hydroxylation is 3. The summed E-state index contributed by atoms with van der Waals surface area (Å²) in [6, 6.07) is 18.5. The largest absolute Gasteiger partial charge is 0.340 e. The van der Waals surface area contributed by atoms with Gasteiger partial charge in [0.1, 0.15) is 5.82 Å². The van der Waals surface area contributed by atoms with Crippen molar-refractivity contribution < 1.29 is 0 Å². The quantitative estimate of drug-likeness (QED) is 0.688. The van der Waals surface area contributed by atoms with Crippen molar-refractivity contribution in [3.63, 3.8) is 0 Å². The summed E-state index contributed by atoms with van der Waals surface area (Å²) in [5.41, 5.74) is 5.54. The molecule has 0 fully saturated rings. The monoisotopic (exact) mass is 332 g/mol. The molecule has 0 spiro atoms. The third-order valence-corrected chi connectivity index (χ3v) is 4.20. The van der Waals surface area contributed by atoms with Gasteiger partial charge in [0.2, 0.25) is 5.95 Å². The summed E-state index contributed by atoms with van der Waals surface area (Å²) in [5, 5.41) is 3.47. The minimum absolute atomic E-state index is 0.711. The van der Waals surface area contributed by atoms with Gasteiger partial charge in [0.25, 0.3) is 0 Å². The van der Waals surface area contributed by atoms with E-state index in [1.807, 2.05) is 31.2 Å². The van der Waals surface area contributed by atoms with E-state index in [1.54, 1.807) is 0 Å². The predicted molar refractivity (Wildman–Crippen MR) is 105 cm³/mol. The number of hydrogen-bond donors (Lipinski definition) is 1. The van der Waals surface area contributed by atoms with E-state index in [-0.39, 0.29) is 0 Å². The zero-order valence-corrected chi connectivity index (χ0v) is 15.2. The number of nitrogens with one attached hydrogen (secondary N) is 1. The van der Waals surface area contributed by atoms with E-state index in [2.05, 4.69) is 66.3 Å². The predicted octanol–water partition coefficient (Wildman–Crippen LogP) is 5.30. The van der Waals surface area contributed by atoms with E-state index >= 15 is 0 Å². The van der Waals surface area contributed by atoms with Gasteiger partial charge in [-0.2, -0.15) is 4.98 Å². The van der Waals surface area contributed by atoms with E-state index in [9.17, 15) is 0 Å². The van der Waals surface area contributed by atoms with Gasteiger partial charge in [-0.3, -0.25) is 0 Å². The molecule has 0 unspecified atom stereocenters. The van der Waals surface area contributed by atoms with Crippen LogP contribution in [-0.2, 0) is 0 Å². The molecule has 4 heteroatoms. The Morgan fingerprint density at radius 1 is 0.880 bits per heavy atom. The van der Waals surface area contributed by atoms with Crippen LogP contribution >= 0.6 is 0 Å². The second-order valence-corrected chi connectivity index (χ2v) is 6.17. The Bertz CT molecular complexity index is 839. The van der Waals surface area contributed by atoms with Crippen LogP contribution in [0.3, 0.4) is 0 Å². The number of hydrogen-bond acceptors (Lipinski definition) is 4. The lowest BCUT2D eigenvalue weighted by Gasteiger charge is -2.22. The van der Waals surface area contributed by atoms with Crippen LogP contribution in [0.25, 0.3) is 0 Å². The summed E-state index contributed by atoms with van der Waals surface area (Å²) in [6.07, 6.45) is 0. The van der Waals surface area contributed by atoms with Crippen LogP contribution in [0.4, 0.5) is 23.1 Å². The van der Waals surface area contributed by atoms with Crippen molar-refractivity contribution in [1.29, 1.82) is 0 Å². The van der Waals surface area contributed by atoms with Crippen LogP contribution in [0.2, 0.25) is 0 Å². The number of rotatable bonds is 5. The van der Waals surface area contributed by atoms with Crippen molar-refractivity contribution in [3.8, 4) is 0 Å². The zero-order valence-electron chi connectivity index (χ0n) is 15.2. The summed E-state index contributed by atoms with van der Waals surface area (Å²) in [4.78, 5) is 11.5. The van der Waals surface area contributed by atoms with Crippen molar-refractivity contribution in [2.75, 3.05) is 16.8 Å². The zero-order chi connectivity index (χ0) is 17.8. The number of nitrogens with zero attached hydrogens (tertiary/aromatic N) is 3. The first-order valence-electron chi connectivity index (χ1n) is 8.60. The molecule has 0 saturated heterocycles. The second kappa shape index (κ2) is 7.34. The summed E-state index contributed by atoms with van der Waals surface area (Å²) in [6.45, 7) is 9.12. The van der Waals surface area contributed by atoms with Crippen LogP contribution in [0.15, 0.2) is 54.6 Å². The van der Waals surface area contributed by atoms with E-state index in [1.165, 1.54) is 11.1 Å². The molecular formula is C21H24N4. The summed E-state index contributed by atoms with van der Waals surface area (Å²) >= 11 is 0. The van der Waals surface area contributed by atoms with Crippen molar-refractivity contribution >= 4 is 23.1 Å². The molecule has 1 N–H and O–H groups in total. The molecule has 0 bridgehead atoms. The average Bonchev–Trinajstić information content (AvgIpc) is 2.60. The van der Waals surface area contributed by atoms with Gasteiger partial charge in [-0.05, 0) is 51.0 Å². The lowest BCUT2D eigenvalue weighted by atomic mass is 10.1. The Hall–Kier alpha value is -2.88. The maximum atomic E-state index is 4.76. The van der Waals surface area contributed by atoms with Crippen LogP contribution < -0.4 is 10.2 Å². The molecule has 0 radical (unpaired) electrons. The van der Waals surface area contributed by atoms with Crippen LogP contribution in [0.1, 0.15) is 23.7 Å². The molecule has 0 saturated carbocycles. The topological polar surface area (TPSA) is 41.1 Å². The van der Waals surface area contributed by atoms with Gasteiger partial charge in [0.15, 0.2) is 0 Å². The fraction of sp³-hybridized carbons (Fsp3) is 0.238. The minimum atomic E-state index is 0.711. The molecule has 3 rings (SSSR count). The van der Waals surface area contributed by atoms with E-state index in [4.69, 9.17) is 4.98 Å². The SMILES string of the molecule is CCN(c1ccccc1)c1nc(C)cc(Nc2c(C)cccc2C)n1. The van der Waals surface area contributed by atoms with Crippen LogP contribution in [-0.4, -0.2) is 16.5 Å². The van der Waals surface area contributed by atoms with Gasteiger partial charge in [0, 0.05) is 29.7 Å². The molecule has 3 aromatic rings. The van der Waals surface area contributed by atoms with E-state index < -0.39 is 0 Å². The van der Waals surface area contributed by atoms with E-state index in [0.29, 0.717) is 5.95 Å². The molecule has 128 valence electrons. The van der Waals surface area contributed by atoms with Gasteiger partial charge < -0.3 is 10.2 Å². The van der Waals surface area contributed by atoms with Gasteiger partial charge in [-0.1, -0.05) is 36.4 Å². The van der Waals surface area contributed by atoms with Crippen molar-refractivity contribution in [2.45, 2.75) is 27.7 Å². The highest BCUT2D eigenvalue weighted by Gasteiger charge is 2.13. The van der Waals surface area contributed by atoms with Crippen molar-refractivity contribution in [1.82, 2.24) is 9.97 Å². The molecule has 2 aromatic carbocycles. The lowest BCUT2D eigenvalue weighted by molar-refractivity contribution is 0.936. The van der Waals surface area contributed by atoms with Gasteiger partial charge >= 0.3 is 0 Å². The molecule has 1 heterocycles. The van der Waals surface area contributed by atoms with Crippen molar-refractivity contribution in [2.24, 2.45) is 0 Å². The third-order valence-electron chi connectivity index (χ3n) is 4.20. The molecular weight excluding hydrogens is 308 g/mol. The van der Waals surface area contributed by atoms with Gasteiger partial charge in [-0.25, -0.2) is 4.98 Å². The number of para-hydroxylation sites is 2. The Labute approximate surface area is 149 Å². The second-order valence-electron chi connectivity index (χ2n) is 6.17. The highest BCUT2D eigenvalue weighted by Crippen LogP contribution is 2.27. The third kappa shape index (κ3) is 3.79. The Balaban J connectivity index is 1.98. The summed E-state index contributed by atoms with van der Waals surface area (Å²) in [7, 11) is 0. The first-order chi connectivity index (χ1) is 12.1. The number of aromatic nitrogens is 2. The first kappa shape index (κ1) is 17.0. The minimum Gasteiger partial charge on any atom is -0.340 e. The number of benzene rings is 2. The highest BCUT2D eigenvalue weighted by molar-refractivity contribution is 5.66. The molecule has 0 aliphatic rings. The Morgan fingerprint density at radius 2 is 1.56 bits per heavy atom. The standard InChI is InChI=1S/C21H24N4/c1-5-25(18-12-7-6-8-13-18)21-22-17(4)14-19(24-21)23-20-15(2)10-9-11-16(20)3/h6-14H,5H2,1-4H3,(H,22,23,24). The molecule has 0 amide bonds. The maximum Gasteiger partial charge on any atom is 0.232 e. The molecule has 4 nitrogen and oxygen atoms in total. The number of anilines is 4. The smallest absolute Gasteiger partial charge is 0.232 e. The fourth-order valence-electron chi connectivity index (χ4n) is 2.92. The molecule has 0 atom stereocenters. The van der Waals surface area contributed by atoms with Crippen LogP contribution in [0.5, 0.6) is 0 Å². The molecule has 0 aliphatic carbocycles. The van der Waals surface area contributed by atoms with E-state index in [0.717, 1.165) is 29.4 Å². The normalized spacial score (nSPS) is 10.6. The first-order valence-corrected chi connectivity index (χ1v) is 8.60. The van der Waals surface area contributed by atoms with Gasteiger partial charge in [-0.15, -0.1) is 0 Å². The lowest BCUT2D eigenvalue weighted by Crippen LogP contribution is -2.19. The maximum absolute atomic E-state index is 4.76. The average molecular weight is 332 g/mol. The van der Waals surface area contributed by atoms with Crippen LogP contribution in [0, 0.1) is 20.8 Å². The summed E-state index contributed by atoms with van der Waals surface area (Å²) in [5.74, 6) is 1.52. The molecule has 1 aromatic heterocycles. The molecule has 0 aliphatic heterocycles.